The maximum atomic E-state index is 11.9. The highest BCUT2D eigenvalue weighted by Crippen LogP contribution is 2.35. The SMILES string of the molecule is CCCNS(=O)(=O)N1CCC(CC)(C(=O)O)CC1. The van der Waals surface area contributed by atoms with Gasteiger partial charge in [-0.3, -0.25) is 4.79 Å². The first-order valence-electron chi connectivity index (χ1n) is 6.36. The highest BCUT2D eigenvalue weighted by Gasteiger charge is 2.42. The first-order chi connectivity index (χ1) is 8.38. The van der Waals surface area contributed by atoms with Gasteiger partial charge in [-0.15, -0.1) is 0 Å². The molecule has 1 aliphatic rings. The Kier molecular flexibility index (Phi) is 5.12. The minimum absolute atomic E-state index is 0.277. The Morgan fingerprint density at radius 2 is 1.89 bits per heavy atom. The molecule has 0 bridgehead atoms. The molecule has 0 saturated carbocycles. The first kappa shape index (κ1) is 15.4. The molecule has 18 heavy (non-hydrogen) atoms. The van der Waals surface area contributed by atoms with Crippen LogP contribution in [0.25, 0.3) is 0 Å². The molecule has 0 unspecified atom stereocenters. The zero-order valence-electron chi connectivity index (χ0n) is 11.0. The second kappa shape index (κ2) is 5.99. The fourth-order valence-corrected chi connectivity index (χ4v) is 3.50. The van der Waals surface area contributed by atoms with Crippen LogP contribution < -0.4 is 4.72 Å². The van der Waals surface area contributed by atoms with E-state index in [1.165, 1.54) is 4.31 Å². The van der Waals surface area contributed by atoms with Crippen LogP contribution in [-0.2, 0) is 15.0 Å². The Bertz CT molecular complexity index is 386. The smallest absolute Gasteiger partial charge is 0.309 e. The summed E-state index contributed by atoms with van der Waals surface area (Å²) in [4.78, 5) is 11.3. The van der Waals surface area contributed by atoms with Crippen molar-refractivity contribution < 1.29 is 18.3 Å². The molecule has 6 nitrogen and oxygen atoms in total. The highest BCUT2D eigenvalue weighted by molar-refractivity contribution is 7.87. The van der Waals surface area contributed by atoms with Crippen LogP contribution in [0.4, 0.5) is 0 Å². The van der Waals surface area contributed by atoms with Crippen molar-refractivity contribution in [3.63, 3.8) is 0 Å². The van der Waals surface area contributed by atoms with E-state index < -0.39 is 21.6 Å². The van der Waals surface area contributed by atoms with Gasteiger partial charge in [-0.2, -0.15) is 12.7 Å². The Morgan fingerprint density at radius 1 is 1.33 bits per heavy atom. The molecule has 0 aromatic heterocycles. The van der Waals surface area contributed by atoms with Gasteiger partial charge < -0.3 is 5.11 Å². The van der Waals surface area contributed by atoms with Gasteiger partial charge in [0.15, 0.2) is 0 Å². The van der Waals surface area contributed by atoms with Crippen molar-refractivity contribution in [2.45, 2.75) is 39.5 Å². The van der Waals surface area contributed by atoms with Gasteiger partial charge in [0, 0.05) is 19.6 Å². The molecule has 0 spiro atoms. The van der Waals surface area contributed by atoms with Gasteiger partial charge in [-0.05, 0) is 25.7 Å². The summed E-state index contributed by atoms with van der Waals surface area (Å²) in [6.07, 6.45) is 2.04. The number of hydrogen-bond acceptors (Lipinski definition) is 3. The Morgan fingerprint density at radius 3 is 2.28 bits per heavy atom. The molecule has 1 fully saturated rings. The van der Waals surface area contributed by atoms with Crippen molar-refractivity contribution in [2.24, 2.45) is 5.41 Å². The lowest BCUT2D eigenvalue weighted by Crippen LogP contribution is -2.49. The molecule has 0 aromatic carbocycles. The summed E-state index contributed by atoms with van der Waals surface area (Å²) in [6.45, 7) is 4.70. The molecule has 0 atom stereocenters. The van der Waals surface area contributed by atoms with Crippen LogP contribution in [0.3, 0.4) is 0 Å². The third kappa shape index (κ3) is 3.21. The topological polar surface area (TPSA) is 86.7 Å². The number of aliphatic carboxylic acids is 1. The van der Waals surface area contributed by atoms with E-state index in [1.807, 2.05) is 13.8 Å². The lowest BCUT2D eigenvalue weighted by molar-refractivity contribution is -0.151. The zero-order valence-corrected chi connectivity index (χ0v) is 11.8. The molecule has 1 saturated heterocycles. The molecule has 106 valence electrons. The number of carboxylic acid groups (broad SMARTS) is 1. The summed E-state index contributed by atoms with van der Waals surface area (Å²) < 4.78 is 27.6. The lowest BCUT2D eigenvalue weighted by Gasteiger charge is -2.37. The van der Waals surface area contributed by atoms with Gasteiger partial charge in [0.05, 0.1) is 5.41 Å². The molecule has 1 rings (SSSR count). The predicted octanol–water partition coefficient (Wildman–Crippen LogP) is 0.808. The van der Waals surface area contributed by atoms with Gasteiger partial charge in [0.2, 0.25) is 0 Å². The second-order valence-corrected chi connectivity index (χ2v) is 6.49. The standard InChI is InChI=1S/C11H22N2O4S/c1-3-7-12-18(16,17)13-8-5-11(4-2,6-9-13)10(14)15/h12H,3-9H2,1-2H3,(H,14,15). The van der Waals surface area contributed by atoms with Crippen molar-refractivity contribution in [1.29, 1.82) is 0 Å². The van der Waals surface area contributed by atoms with Crippen molar-refractivity contribution in [3.8, 4) is 0 Å². The van der Waals surface area contributed by atoms with Gasteiger partial charge in [0.25, 0.3) is 10.2 Å². The van der Waals surface area contributed by atoms with Crippen molar-refractivity contribution >= 4 is 16.2 Å². The third-order valence-electron chi connectivity index (χ3n) is 3.68. The quantitative estimate of drug-likeness (QED) is 0.752. The zero-order chi connectivity index (χ0) is 13.8. The second-order valence-electron chi connectivity index (χ2n) is 4.74. The van der Waals surface area contributed by atoms with Gasteiger partial charge in [-0.1, -0.05) is 13.8 Å². The van der Waals surface area contributed by atoms with E-state index in [0.29, 0.717) is 25.8 Å². The van der Waals surface area contributed by atoms with Crippen molar-refractivity contribution in [2.75, 3.05) is 19.6 Å². The summed E-state index contributed by atoms with van der Waals surface area (Å²) in [5, 5.41) is 9.24. The monoisotopic (exact) mass is 278 g/mol. The van der Waals surface area contributed by atoms with E-state index in [-0.39, 0.29) is 13.1 Å². The fourth-order valence-electron chi connectivity index (χ4n) is 2.20. The number of carboxylic acids is 1. The van der Waals surface area contributed by atoms with Crippen LogP contribution in [0.5, 0.6) is 0 Å². The van der Waals surface area contributed by atoms with E-state index in [2.05, 4.69) is 4.72 Å². The van der Waals surface area contributed by atoms with E-state index in [4.69, 9.17) is 0 Å². The number of piperidine rings is 1. The molecule has 0 aromatic rings. The number of rotatable bonds is 6. The Balaban J connectivity index is 2.66. The Hall–Kier alpha value is -0.660. The summed E-state index contributed by atoms with van der Waals surface area (Å²) in [5.41, 5.74) is -0.753. The Labute approximate surface area is 109 Å². The molecule has 0 radical (unpaired) electrons. The van der Waals surface area contributed by atoms with Gasteiger partial charge in [-0.25, -0.2) is 4.72 Å². The number of nitrogens with zero attached hydrogens (tertiary/aromatic N) is 1. The summed E-state index contributed by atoms with van der Waals surface area (Å²) in [6, 6.07) is 0. The predicted molar refractivity (Wildman–Crippen MR) is 68.4 cm³/mol. The summed E-state index contributed by atoms with van der Waals surface area (Å²) in [7, 11) is -3.44. The number of hydrogen-bond donors (Lipinski definition) is 2. The molecule has 2 N–H and O–H groups in total. The molecule has 0 aliphatic carbocycles. The first-order valence-corrected chi connectivity index (χ1v) is 7.80. The normalized spacial score (nSPS) is 20.8. The van der Waals surface area contributed by atoms with Crippen LogP contribution >= 0.6 is 0 Å². The number of carbonyl (C=O) groups is 1. The minimum Gasteiger partial charge on any atom is -0.481 e. The van der Waals surface area contributed by atoms with Crippen LogP contribution in [0, 0.1) is 5.41 Å². The largest absolute Gasteiger partial charge is 0.481 e. The molecular weight excluding hydrogens is 256 g/mol. The maximum absolute atomic E-state index is 11.9. The van der Waals surface area contributed by atoms with Gasteiger partial charge in [0.1, 0.15) is 0 Å². The molecule has 0 amide bonds. The van der Waals surface area contributed by atoms with Gasteiger partial charge >= 0.3 is 5.97 Å². The molecular formula is C11H22N2O4S. The summed E-state index contributed by atoms with van der Waals surface area (Å²) >= 11 is 0. The third-order valence-corrected chi connectivity index (χ3v) is 5.30. The van der Waals surface area contributed by atoms with E-state index in [9.17, 15) is 18.3 Å². The summed E-state index contributed by atoms with van der Waals surface area (Å²) in [5.74, 6) is -0.816. The number of nitrogens with one attached hydrogen (secondary N) is 1. The van der Waals surface area contributed by atoms with Crippen LogP contribution in [0.1, 0.15) is 39.5 Å². The minimum atomic E-state index is -3.44. The molecule has 1 heterocycles. The van der Waals surface area contributed by atoms with Crippen molar-refractivity contribution in [3.05, 3.63) is 0 Å². The van der Waals surface area contributed by atoms with E-state index in [1.54, 1.807) is 0 Å². The van der Waals surface area contributed by atoms with Crippen LogP contribution in [0.15, 0.2) is 0 Å². The van der Waals surface area contributed by atoms with E-state index in [0.717, 1.165) is 6.42 Å². The van der Waals surface area contributed by atoms with E-state index >= 15 is 0 Å². The fraction of sp³-hybridized carbons (Fsp3) is 0.909. The maximum Gasteiger partial charge on any atom is 0.309 e. The van der Waals surface area contributed by atoms with Crippen molar-refractivity contribution in [1.82, 2.24) is 9.03 Å². The average Bonchev–Trinajstić information content (AvgIpc) is 2.36. The van der Waals surface area contributed by atoms with Crippen LogP contribution in [0.2, 0.25) is 0 Å². The average molecular weight is 278 g/mol. The lowest BCUT2D eigenvalue weighted by atomic mass is 9.77. The molecule has 1 aliphatic heterocycles. The molecule has 7 heteroatoms. The van der Waals surface area contributed by atoms with Crippen LogP contribution in [-0.4, -0.2) is 43.4 Å². The highest BCUT2D eigenvalue weighted by atomic mass is 32.2.